The monoisotopic (exact) mass is 632 g/mol. The van der Waals surface area contributed by atoms with Gasteiger partial charge in [-0.15, -0.1) is 0 Å². The molecule has 0 spiro atoms. The Kier molecular flexibility index (Phi) is 8.28. The summed E-state index contributed by atoms with van der Waals surface area (Å²) in [5.74, 6) is 1.27. The number of nitrogens with zero attached hydrogens (tertiary/aromatic N) is 4. The summed E-state index contributed by atoms with van der Waals surface area (Å²) in [6.07, 6.45) is 7.83. The highest BCUT2D eigenvalue weighted by Crippen LogP contribution is 2.37. The van der Waals surface area contributed by atoms with E-state index in [1.807, 2.05) is 22.2 Å². The Morgan fingerprint density at radius 1 is 1.02 bits per heavy atom. The summed E-state index contributed by atoms with van der Waals surface area (Å²) in [4.78, 5) is 35.5. The highest BCUT2D eigenvalue weighted by atomic mass is 32.1. The van der Waals surface area contributed by atoms with Crippen LogP contribution in [0.3, 0.4) is 0 Å². The van der Waals surface area contributed by atoms with Gasteiger partial charge in [-0.05, 0) is 87.3 Å². The average molecular weight is 633 g/mol. The highest BCUT2D eigenvalue weighted by molar-refractivity contribution is 7.14. The van der Waals surface area contributed by atoms with E-state index >= 15 is 0 Å². The quantitative estimate of drug-likeness (QED) is 0.167. The number of piperidine rings is 1. The third-order valence-electron chi connectivity index (χ3n) is 9.60. The van der Waals surface area contributed by atoms with Gasteiger partial charge in [0.2, 0.25) is 0 Å². The second-order valence-electron chi connectivity index (χ2n) is 14.2. The van der Waals surface area contributed by atoms with Gasteiger partial charge in [0.25, 0.3) is 11.1 Å². The number of hydrogen-bond acceptors (Lipinski definition) is 7. The van der Waals surface area contributed by atoms with Gasteiger partial charge in [0.1, 0.15) is 23.7 Å². The first kappa shape index (κ1) is 29.9. The molecule has 1 saturated heterocycles. The number of aromatic nitrogens is 3. The summed E-state index contributed by atoms with van der Waals surface area (Å²) in [7, 11) is -1.30. The number of hydrogen-bond donors (Lipinski definition) is 0. The van der Waals surface area contributed by atoms with E-state index in [0.717, 1.165) is 72.9 Å². The number of fused-ring (bicyclic) bond motifs is 5. The maximum Gasteiger partial charge on any atom is 0.279 e. The predicted molar refractivity (Wildman–Crippen MR) is 181 cm³/mol. The lowest BCUT2D eigenvalue weighted by molar-refractivity contribution is 0.0878. The van der Waals surface area contributed by atoms with Crippen molar-refractivity contribution in [1.29, 1.82) is 0 Å². The highest BCUT2D eigenvalue weighted by Gasteiger charge is 2.29. The van der Waals surface area contributed by atoms with Crippen LogP contribution in [0.1, 0.15) is 50.5 Å². The Bertz CT molecular complexity index is 1800. The van der Waals surface area contributed by atoms with Crippen LogP contribution < -0.4 is 15.9 Å². The molecule has 2 aliphatic heterocycles. The van der Waals surface area contributed by atoms with Gasteiger partial charge in [0, 0.05) is 33.3 Å². The number of benzene rings is 2. The zero-order valence-electron chi connectivity index (χ0n) is 26.3. The molecule has 1 aliphatic carbocycles. The molecule has 2 aromatic heterocycles. The number of rotatable bonds is 7. The Hall–Kier alpha value is -2.79. The summed E-state index contributed by atoms with van der Waals surface area (Å²) in [5, 5.41) is 0.652. The Labute approximate surface area is 263 Å². The molecule has 2 fully saturated rings. The molecule has 10 heteroatoms. The maximum absolute atomic E-state index is 14.4. The van der Waals surface area contributed by atoms with Crippen LogP contribution in [0.4, 0.5) is 0 Å². The minimum Gasteiger partial charge on any atom is -0.488 e. The molecule has 0 unspecified atom stereocenters. The van der Waals surface area contributed by atoms with Crippen molar-refractivity contribution in [3.05, 3.63) is 56.6 Å². The van der Waals surface area contributed by atoms with Gasteiger partial charge < -0.3 is 9.47 Å². The normalized spacial score (nSPS) is 20.9. The number of ether oxygens (including phenoxy) is 2. The smallest absolute Gasteiger partial charge is 0.279 e. The Balaban J connectivity index is 1.43. The van der Waals surface area contributed by atoms with E-state index in [4.69, 9.17) is 14.5 Å². The second kappa shape index (κ2) is 12.2. The molecule has 4 heterocycles. The molecular weight excluding hydrogens is 589 g/mol. The van der Waals surface area contributed by atoms with Crippen LogP contribution in [0.25, 0.3) is 32.4 Å². The van der Waals surface area contributed by atoms with Crippen LogP contribution in [0.15, 0.2) is 39.9 Å². The zero-order chi connectivity index (χ0) is 30.4. The minimum absolute atomic E-state index is 0.0198. The molecule has 2 aromatic carbocycles. The summed E-state index contributed by atoms with van der Waals surface area (Å²) < 4.78 is 17.5. The lowest BCUT2D eigenvalue weighted by atomic mass is 10.0. The second-order valence-corrected chi connectivity index (χ2v) is 20.9. The van der Waals surface area contributed by atoms with Crippen LogP contribution in [-0.4, -0.2) is 52.3 Å². The lowest BCUT2D eigenvalue weighted by Gasteiger charge is -2.27. The van der Waals surface area contributed by atoms with Gasteiger partial charge in [-0.25, -0.2) is 4.98 Å². The molecule has 1 saturated carbocycles. The van der Waals surface area contributed by atoms with Crippen molar-refractivity contribution in [3.8, 4) is 17.0 Å². The topological polar surface area (TPSA) is 78.6 Å². The van der Waals surface area contributed by atoms with Crippen molar-refractivity contribution in [3.63, 3.8) is 0 Å². The van der Waals surface area contributed by atoms with E-state index in [0.29, 0.717) is 41.2 Å². The fourth-order valence-electron chi connectivity index (χ4n) is 7.06. The van der Waals surface area contributed by atoms with E-state index in [2.05, 4.69) is 36.7 Å². The standard InChI is InChI=1S/C34H44N4O4SSi/c1-44(2,3)17-16-41-22-37-28-19-24(21-36-13-5-4-6-14-36)20-29-31(28)35-30(34(37)40)26-8-7-9-27-32(26)43-38(33(27)39)15-12-23-10-11-25(18-23)42-29/h7-9,19-20,23,25H,4-6,10-18,21-22H2,1-3H3/t23-,25-/m0/s1. The van der Waals surface area contributed by atoms with Gasteiger partial charge in [-0.1, -0.05) is 49.7 Å². The van der Waals surface area contributed by atoms with Gasteiger partial charge in [0.05, 0.1) is 21.7 Å². The third-order valence-corrected chi connectivity index (χ3v) is 12.5. The zero-order valence-corrected chi connectivity index (χ0v) is 28.1. The third kappa shape index (κ3) is 6.06. The van der Waals surface area contributed by atoms with Gasteiger partial charge in [-0.3, -0.25) is 23.0 Å². The van der Waals surface area contributed by atoms with Crippen molar-refractivity contribution >= 4 is 40.7 Å². The van der Waals surface area contributed by atoms with E-state index < -0.39 is 8.07 Å². The van der Waals surface area contributed by atoms with E-state index in [1.54, 1.807) is 4.57 Å². The predicted octanol–water partition coefficient (Wildman–Crippen LogP) is 6.69. The first-order valence-electron chi connectivity index (χ1n) is 16.4. The molecule has 3 aliphatic rings. The first-order chi connectivity index (χ1) is 21.2. The van der Waals surface area contributed by atoms with Crippen LogP contribution in [0, 0.1) is 5.92 Å². The van der Waals surface area contributed by atoms with Crippen molar-refractivity contribution < 1.29 is 9.47 Å². The molecule has 44 heavy (non-hydrogen) atoms. The van der Waals surface area contributed by atoms with Crippen LogP contribution in [-0.2, 0) is 24.6 Å². The molecular formula is C34H44N4O4SSi. The van der Waals surface area contributed by atoms with Gasteiger partial charge in [-0.2, -0.15) is 0 Å². The Morgan fingerprint density at radius 3 is 2.68 bits per heavy atom. The van der Waals surface area contributed by atoms with Crippen molar-refractivity contribution in [2.45, 2.75) is 96.6 Å². The molecule has 0 amide bonds. The molecule has 234 valence electrons. The molecule has 8 nitrogen and oxygen atoms in total. The summed E-state index contributed by atoms with van der Waals surface area (Å²) in [5.41, 5.74) is 3.48. The largest absolute Gasteiger partial charge is 0.488 e. The first-order valence-corrected chi connectivity index (χ1v) is 20.9. The summed E-state index contributed by atoms with van der Waals surface area (Å²) in [6.45, 7) is 11.5. The Morgan fingerprint density at radius 2 is 1.86 bits per heavy atom. The average Bonchev–Trinajstić information content (AvgIpc) is 3.58. The van der Waals surface area contributed by atoms with Gasteiger partial charge >= 0.3 is 0 Å². The summed E-state index contributed by atoms with van der Waals surface area (Å²) >= 11 is 1.46. The number of likely N-dealkylation sites (tertiary alicyclic amines) is 1. The molecule has 4 aromatic rings. The fourth-order valence-corrected chi connectivity index (χ4v) is 8.93. The van der Waals surface area contributed by atoms with Crippen LogP contribution in [0.5, 0.6) is 5.75 Å². The molecule has 7 rings (SSSR count). The van der Waals surface area contributed by atoms with E-state index in [-0.39, 0.29) is 24.0 Å². The van der Waals surface area contributed by atoms with Crippen LogP contribution in [0.2, 0.25) is 25.7 Å². The van der Waals surface area contributed by atoms with Crippen LogP contribution >= 0.6 is 11.5 Å². The molecule has 6 bridgehead atoms. The molecule has 0 radical (unpaired) electrons. The van der Waals surface area contributed by atoms with E-state index in [9.17, 15) is 9.59 Å². The summed E-state index contributed by atoms with van der Waals surface area (Å²) in [6, 6.07) is 11.0. The van der Waals surface area contributed by atoms with Gasteiger partial charge in [0.15, 0.2) is 0 Å². The minimum atomic E-state index is -1.30. The van der Waals surface area contributed by atoms with E-state index in [1.165, 1.54) is 30.8 Å². The lowest BCUT2D eigenvalue weighted by Crippen LogP contribution is -2.29. The van der Waals surface area contributed by atoms with Crippen molar-refractivity contribution in [1.82, 2.24) is 18.4 Å². The van der Waals surface area contributed by atoms with Crippen molar-refractivity contribution in [2.24, 2.45) is 5.92 Å². The maximum atomic E-state index is 14.4. The molecule has 2 atom stereocenters. The SMILES string of the molecule is C[Si](C)(C)CCOCn1c(=O)c2nc3c(cc(CN4CCCCC4)cc31)O[C@H]1CC[C@@H](CCn3sc4c-2cccc4c3=O)C1. The fraction of sp³-hybridized carbons (Fsp3) is 0.559. The number of aryl methyl sites for hydroxylation is 1. The molecule has 0 N–H and O–H groups in total. The van der Waals surface area contributed by atoms with Crippen molar-refractivity contribution in [2.75, 3.05) is 19.7 Å².